The van der Waals surface area contributed by atoms with E-state index in [4.69, 9.17) is 28.3 Å². The molecule has 6 heteroatoms. The lowest BCUT2D eigenvalue weighted by molar-refractivity contribution is -0.103. The summed E-state index contributed by atoms with van der Waals surface area (Å²) in [5.41, 5.74) is 5.65. The van der Waals surface area contributed by atoms with Crippen LogP contribution in [0.25, 0.3) is 11.3 Å². The number of carbonyl (C=O) groups excluding carboxylic acids is 1. The zero-order chi connectivity index (χ0) is 23.2. The molecule has 4 nitrogen and oxygen atoms in total. The molecule has 0 spiro atoms. The van der Waals surface area contributed by atoms with Crippen molar-refractivity contribution in [2.45, 2.75) is 71.8 Å². The van der Waals surface area contributed by atoms with Gasteiger partial charge in [0, 0.05) is 35.1 Å². The maximum atomic E-state index is 13.4. The van der Waals surface area contributed by atoms with Crippen molar-refractivity contribution in [3.8, 4) is 11.3 Å². The molecule has 0 aliphatic heterocycles. The van der Waals surface area contributed by atoms with E-state index in [-0.39, 0.29) is 5.91 Å². The number of rotatable bonds is 8. The molecular weight excluding hydrogens is 453 g/mol. The molecule has 1 heterocycles. The molecule has 178 valence electrons. The number of nitrogens with zero attached hydrogens (tertiary/aromatic N) is 2. The van der Waals surface area contributed by atoms with E-state index < -0.39 is 0 Å². The van der Waals surface area contributed by atoms with Gasteiger partial charge < -0.3 is 5.32 Å². The van der Waals surface area contributed by atoms with Gasteiger partial charge in [0.1, 0.15) is 0 Å². The largest absolute Gasteiger partial charge is 0.350 e. The number of halogens is 2. The summed E-state index contributed by atoms with van der Waals surface area (Å²) < 4.78 is 2.06. The Balaban J connectivity index is 1.37. The van der Waals surface area contributed by atoms with Crippen LogP contribution in [0.4, 0.5) is 0 Å². The summed E-state index contributed by atoms with van der Waals surface area (Å²) >= 11 is 12.1. The number of hydrogen-bond donors (Lipinski definition) is 1. The summed E-state index contributed by atoms with van der Waals surface area (Å²) in [4.78, 5) is 13.4. The minimum absolute atomic E-state index is 0.0116. The Morgan fingerprint density at radius 3 is 2.82 bits per heavy atom. The van der Waals surface area contributed by atoms with Gasteiger partial charge in [0.2, 0.25) is 0 Å². The lowest BCUT2D eigenvalue weighted by Gasteiger charge is -2.60. The highest BCUT2D eigenvalue weighted by atomic mass is 35.5. The molecular formula is C27H35Cl2N3O. The van der Waals surface area contributed by atoms with Crippen molar-refractivity contribution in [1.82, 2.24) is 15.1 Å². The van der Waals surface area contributed by atoms with E-state index in [0.717, 1.165) is 73.3 Å². The maximum absolute atomic E-state index is 13.4. The van der Waals surface area contributed by atoms with Crippen LogP contribution in [-0.2, 0) is 19.4 Å². The molecule has 1 N–H and O–H groups in total. The highest BCUT2D eigenvalue weighted by Gasteiger charge is 2.54. The SMILES string of the molecule is CC1(C)C2CCC(CNC(=O)c3nn(CCCCCCl)c4c3CCc3cc(Cl)ccc3-4)C1C2. The molecule has 0 saturated heterocycles. The molecule has 6 rings (SSSR count). The first kappa shape index (κ1) is 23.2. The number of unbranched alkanes of at least 4 members (excludes halogenated alkanes) is 2. The third kappa shape index (κ3) is 4.23. The number of fused-ring (bicyclic) bond motifs is 5. The van der Waals surface area contributed by atoms with Crippen molar-refractivity contribution in [3.05, 3.63) is 40.0 Å². The fraction of sp³-hybridized carbons (Fsp3) is 0.630. The van der Waals surface area contributed by atoms with E-state index in [1.807, 2.05) is 6.07 Å². The average Bonchev–Trinajstić information content (AvgIpc) is 3.19. The predicted octanol–water partition coefficient (Wildman–Crippen LogP) is 6.51. The number of carbonyl (C=O) groups is 1. The molecule has 3 unspecified atom stereocenters. The molecule has 3 atom stereocenters. The van der Waals surface area contributed by atoms with Crippen LogP contribution in [0.2, 0.25) is 5.02 Å². The second kappa shape index (κ2) is 9.26. The van der Waals surface area contributed by atoms with Gasteiger partial charge in [0.25, 0.3) is 5.91 Å². The Hall–Kier alpha value is -1.52. The van der Waals surface area contributed by atoms with Crippen LogP contribution in [0.15, 0.2) is 18.2 Å². The number of aromatic nitrogens is 2. The molecule has 3 saturated carbocycles. The molecule has 4 aliphatic carbocycles. The Kier molecular flexibility index (Phi) is 6.52. The maximum Gasteiger partial charge on any atom is 0.272 e. The van der Waals surface area contributed by atoms with Gasteiger partial charge in [0.05, 0.1) is 5.69 Å². The fourth-order valence-corrected chi connectivity index (χ4v) is 7.07. The van der Waals surface area contributed by atoms with Crippen molar-refractivity contribution in [2.75, 3.05) is 12.4 Å². The smallest absolute Gasteiger partial charge is 0.272 e. The van der Waals surface area contributed by atoms with E-state index in [1.54, 1.807) is 0 Å². The topological polar surface area (TPSA) is 46.9 Å². The van der Waals surface area contributed by atoms with Crippen molar-refractivity contribution in [3.63, 3.8) is 0 Å². The van der Waals surface area contributed by atoms with Gasteiger partial charge in [-0.2, -0.15) is 5.10 Å². The second-order valence-electron chi connectivity index (χ2n) is 10.9. The number of nitrogens with one attached hydrogen (secondary N) is 1. The van der Waals surface area contributed by atoms with Crippen molar-refractivity contribution >= 4 is 29.1 Å². The van der Waals surface area contributed by atoms with Crippen molar-refractivity contribution in [1.29, 1.82) is 0 Å². The molecule has 2 aromatic rings. The van der Waals surface area contributed by atoms with Gasteiger partial charge in [-0.25, -0.2) is 0 Å². The Morgan fingerprint density at radius 2 is 2.06 bits per heavy atom. The summed E-state index contributed by atoms with van der Waals surface area (Å²) in [6, 6.07) is 6.09. The number of aryl methyl sites for hydroxylation is 2. The summed E-state index contributed by atoms with van der Waals surface area (Å²) in [6.07, 6.45) is 8.66. The monoisotopic (exact) mass is 487 g/mol. The highest BCUT2D eigenvalue weighted by Crippen LogP contribution is 2.61. The Morgan fingerprint density at radius 1 is 1.21 bits per heavy atom. The summed E-state index contributed by atoms with van der Waals surface area (Å²) in [6.45, 7) is 6.38. The molecule has 4 aliphatic rings. The van der Waals surface area contributed by atoms with E-state index in [0.29, 0.717) is 22.9 Å². The van der Waals surface area contributed by atoms with Crippen LogP contribution in [0.1, 0.15) is 74.0 Å². The lowest BCUT2D eigenvalue weighted by atomic mass is 9.45. The number of amides is 1. The number of benzene rings is 1. The van der Waals surface area contributed by atoms with Crippen LogP contribution in [0, 0.1) is 23.2 Å². The molecule has 1 aromatic heterocycles. The van der Waals surface area contributed by atoms with Gasteiger partial charge in [-0.3, -0.25) is 9.48 Å². The quantitative estimate of drug-likeness (QED) is 0.340. The van der Waals surface area contributed by atoms with Crippen LogP contribution in [0.3, 0.4) is 0 Å². The minimum Gasteiger partial charge on any atom is -0.350 e. The molecule has 1 aromatic carbocycles. The molecule has 1 amide bonds. The normalized spacial score (nSPS) is 24.5. The van der Waals surface area contributed by atoms with Gasteiger partial charge in [-0.15, -0.1) is 11.6 Å². The summed E-state index contributed by atoms with van der Waals surface area (Å²) in [5.74, 6) is 2.88. The zero-order valence-corrected chi connectivity index (χ0v) is 21.3. The van der Waals surface area contributed by atoms with Gasteiger partial charge in [-0.1, -0.05) is 37.9 Å². The number of alkyl halides is 1. The molecule has 0 radical (unpaired) electrons. The summed E-state index contributed by atoms with van der Waals surface area (Å²) in [5, 5.41) is 8.91. The first-order valence-corrected chi connectivity index (χ1v) is 13.5. The van der Waals surface area contributed by atoms with Crippen LogP contribution in [-0.4, -0.2) is 28.1 Å². The molecule has 2 bridgehead atoms. The fourth-order valence-electron chi connectivity index (χ4n) is 6.69. The second-order valence-corrected chi connectivity index (χ2v) is 11.7. The number of hydrogen-bond acceptors (Lipinski definition) is 2. The zero-order valence-electron chi connectivity index (χ0n) is 19.8. The van der Waals surface area contributed by atoms with E-state index in [1.165, 1.54) is 30.4 Å². The van der Waals surface area contributed by atoms with Gasteiger partial charge in [-0.05, 0) is 85.8 Å². The first-order chi connectivity index (χ1) is 15.9. The molecule has 3 fully saturated rings. The minimum atomic E-state index is -0.0116. The standard InChI is InChI=1S/C27H35Cl2N3O/c1-27(2)19-8-6-18(23(27)15-19)16-30-26(33)24-22-10-7-17-14-20(29)9-11-21(17)25(22)32(31-24)13-5-3-4-12-28/h9,11,14,18-19,23H,3-8,10,12-13,15-16H2,1-2H3,(H,30,33). The average molecular weight is 489 g/mol. The Labute approximate surface area is 207 Å². The first-order valence-electron chi connectivity index (χ1n) is 12.6. The predicted molar refractivity (Wildman–Crippen MR) is 135 cm³/mol. The van der Waals surface area contributed by atoms with Crippen molar-refractivity contribution in [2.24, 2.45) is 23.2 Å². The van der Waals surface area contributed by atoms with Crippen molar-refractivity contribution < 1.29 is 4.79 Å². The lowest BCUT2D eigenvalue weighted by Crippen LogP contribution is -2.54. The molecule has 33 heavy (non-hydrogen) atoms. The van der Waals surface area contributed by atoms with Crippen LogP contribution < -0.4 is 5.32 Å². The van der Waals surface area contributed by atoms with E-state index >= 15 is 0 Å². The van der Waals surface area contributed by atoms with Crippen LogP contribution in [0.5, 0.6) is 0 Å². The third-order valence-electron chi connectivity index (χ3n) is 8.76. The summed E-state index contributed by atoms with van der Waals surface area (Å²) in [7, 11) is 0. The van der Waals surface area contributed by atoms with Gasteiger partial charge in [0.15, 0.2) is 5.69 Å². The van der Waals surface area contributed by atoms with Crippen LogP contribution >= 0.6 is 23.2 Å². The van der Waals surface area contributed by atoms with Gasteiger partial charge >= 0.3 is 0 Å². The Bertz CT molecular complexity index is 1040. The van der Waals surface area contributed by atoms with E-state index in [9.17, 15) is 4.79 Å². The van der Waals surface area contributed by atoms with E-state index in [2.05, 4.69) is 36.0 Å². The third-order valence-corrected chi connectivity index (χ3v) is 9.26. The highest BCUT2D eigenvalue weighted by molar-refractivity contribution is 6.30.